The average Bonchev–Trinajstić information content (AvgIpc) is 3.10. The number of fused-ring (bicyclic) bond motifs is 1. The summed E-state index contributed by atoms with van der Waals surface area (Å²) in [5.41, 5.74) is 0.544. The van der Waals surface area contributed by atoms with Gasteiger partial charge in [0.1, 0.15) is 11.6 Å². The molecule has 170 valence electrons. The number of aryl methyl sites for hydroxylation is 1. The minimum atomic E-state index is -4.03. The third-order valence-corrected chi connectivity index (χ3v) is 7.62. The number of H-pyrrole nitrogens is 1. The molecular weight excluding hydrogens is 459 g/mol. The van der Waals surface area contributed by atoms with Gasteiger partial charge >= 0.3 is 0 Å². The number of ether oxygens (including phenoxy) is 1. The second kappa shape index (κ2) is 7.76. The summed E-state index contributed by atoms with van der Waals surface area (Å²) in [6.45, 7) is 5.67. The van der Waals surface area contributed by atoms with Gasteiger partial charge in [0.2, 0.25) is 0 Å². The number of aromatic amines is 1. The van der Waals surface area contributed by atoms with Crippen molar-refractivity contribution >= 4 is 27.5 Å². The number of carbonyl (C=O) groups is 1. The second-order valence-electron chi connectivity index (χ2n) is 8.64. The summed E-state index contributed by atoms with van der Waals surface area (Å²) in [5, 5.41) is 9.17. The summed E-state index contributed by atoms with van der Waals surface area (Å²) in [6, 6.07) is 5.50. The van der Waals surface area contributed by atoms with Gasteiger partial charge in [0.15, 0.2) is 11.6 Å². The van der Waals surface area contributed by atoms with Crippen molar-refractivity contribution in [3.8, 4) is 11.8 Å². The van der Waals surface area contributed by atoms with Gasteiger partial charge in [0.25, 0.3) is 15.9 Å². The minimum absolute atomic E-state index is 0.0576. The zero-order valence-corrected chi connectivity index (χ0v) is 19.3. The van der Waals surface area contributed by atoms with Gasteiger partial charge < -0.3 is 14.6 Å². The van der Waals surface area contributed by atoms with E-state index in [0.717, 1.165) is 6.07 Å². The fraction of sp³-hybridized carbons (Fsp3) is 0.429. The van der Waals surface area contributed by atoms with Crippen LogP contribution < -0.4 is 9.46 Å². The molecule has 2 N–H and O–H groups in total. The van der Waals surface area contributed by atoms with E-state index >= 15 is 0 Å². The predicted molar refractivity (Wildman–Crippen MR) is 115 cm³/mol. The largest absolute Gasteiger partial charge is 0.489 e. The monoisotopic (exact) mass is 480 g/mol. The highest BCUT2D eigenvalue weighted by Crippen LogP contribution is 2.38. The number of nitriles is 1. The lowest BCUT2D eigenvalue weighted by atomic mass is 9.83. The Balaban J connectivity index is 1.53. The first kappa shape index (κ1) is 22.6. The maximum atomic E-state index is 14.1. The number of amides is 1. The number of rotatable bonds is 4. The first-order chi connectivity index (χ1) is 14.9. The van der Waals surface area contributed by atoms with Gasteiger partial charge in [-0.1, -0.05) is 18.5 Å². The Morgan fingerprint density at radius 3 is 2.75 bits per heavy atom. The number of halogens is 2. The van der Waals surface area contributed by atoms with Gasteiger partial charge in [-0.25, -0.2) is 17.5 Å². The summed E-state index contributed by atoms with van der Waals surface area (Å²) in [5.74, 6) is -1.26. The lowest BCUT2D eigenvalue weighted by Gasteiger charge is -2.43. The van der Waals surface area contributed by atoms with Crippen LogP contribution in [0.3, 0.4) is 0 Å². The number of carbonyl (C=O) groups excluding carboxylic acids is 1. The standard InChI is InChI=1S/C21H22ClFN4O4S/c1-11-14-4-13(22)5-16(23)19(14)31-7-17(11)26-32(29,30)18-6-15(12(2)25-18)20(28)27-9-21(3,8-24)10-27/h4-6,11,17,25-26H,7,9-10H2,1-3H3/t11-,17+/m0/s1. The topological polar surface area (TPSA) is 115 Å². The van der Waals surface area contributed by atoms with Crippen molar-refractivity contribution in [3.63, 3.8) is 0 Å². The zero-order chi connectivity index (χ0) is 23.4. The maximum Gasteiger partial charge on any atom is 0.256 e. The predicted octanol–water partition coefficient (Wildman–Crippen LogP) is 2.94. The normalized spacial score (nSPS) is 21.8. The van der Waals surface area contributed by atoms with Crippen LogP contribution in [0.1, 0.15) is 41.4 Å². The maximum absolute atomic E-state index is 14.1. The molecule has 0 saturated carbocycles. The zero-order valence-electron chi connectivity index (χ0n) is 17.7. The van der Waals surface area contributed by atoms with Crippen molar-refractivity contribution in [1.82, 2.24) is 14.6 Å². The van der Waals surface area contributed by atoms with Crippen LogP contribution in [0.15, 0.2) is 23.2 Å². The molecule has 11 heteroatoms. The van der Waals surface area contributed by atoms with Gasteiger partial charge in [-0.15, -0.1) is 0 Å². The van der Waals surface area contributed by atoms with Crippen molar-refractivity contribution in [2.45, 2.75) is 37.8 Å². The van der Waals surface area contributed by atoms with E-state index in [9.17, 15) is 17.6 Å². The van der Waals surface area contributed by atoms with Crippen molar-refractivity contribution in [2.75, 3.05) is 19.7 Å². The number of benzene rings is 1. The van der Waals surface area contributed by atoms with Crippen LogP contribution in [0.5, 0.6) is 5.75 Å². The molecule has 0 radical (unpaired) electrons. The Bertz CT molecular complexity index is 1250. The summed E-state index contributed by atoms with van der Waals surface area (Å²) in [6.07, 6.45) is 0. The van der Waals surface area contributed by atoms with Gasteiger partial charge in [0.05, 0.1) is 23.1 Å². The highest BCUT2D eigenvalue weighted by molar-refractivity contribution is 7.89. The molecule has 0 bridgehead atoms. The second-order valence-corrected chi connectivity index (χ2v) is 10.8. The Morgan fingerprint density at radius 2 is 2.09 bits per heavy atom. The highest BCUT2D eigenvalue weighted by Gasteiger charge is 2.42. The fourth-order valence-electron chi connectivity index (χ4n) is 4.08. The lowest BCUT2D eigenvalue weighted by Crippen LogP contribution is -2.56. The van der Waals surface area contributed by atoms with E-state index < -0.39 is 33.2 Å². The molecule has 1 amide bonds. The van der Waals surface area contributed by atoms with E-state index in [1.54, 1.807) is 26.8 Å². The van der Waals surface area contributed by atoms with Gasteiger partial charge in [-0.2, -0.15) is 5.26 Å². The Morgan fingerprint density at radius 1 is 1.41 bits per heavy atom. The van der Waals surface area contributed by atoms with Crippen molar-refractivity contribution in [3.05, 3.63) is 45.9 Å². The molecule has 3 heterocycles. The van der Waals surface area contributed by atoms with E-state index in [2.05, 4.69) is 15.8 Å². The first-order valence-corrected chi connectivity index (χ1v) is 11.8. The van der Waals surface area contributed by atoms with Crippen LogP contribution in [0.25, 0.3) is 0 Å². The molecule has 0 unspecified atom stereocenters. The Kier molecular flexibility index (Phi) is 5.48. The van der Waals surface area contributed by atoms with Crippen molar-refractivity contribution in [1.29, 1.82) is 5.26 Å². The average molecular weight is 481 g/mol. The first-order valence-electron chi connectivity index (χ1n) is 9.98. The van der Waals surface area contributed by atoms with Crippen LogP contribution in [0.2, 0.25) is 5.02 Å². The fourth-order valence-corrected chi connectivity index (χ4v) is 5.65. The smallest absolute Gasteiger partial charge is 0.256 e. The van der Waals surface area contributed by atoms with Crippen LogP contribution in [0, 0.1) is 29.5 Å². The molecule has 2 atom stereocenters. The van der Waals surface area contributed by atoms with Gasteiger partial charge in [-0.3, -0.25) is 4.79 Å². The molecule has 2 aliphatic rings. The van der Waals surface area contributed by atoms with E-state index in [4.69, 9.17) is 21.6 Å². The SMILES string of the molecule is Cc1[nH]c(S(=O)(=O)N[C@@H]2COc3c(F)cc(Cl)cc3[C@@H]2C)cc1C(=O)N1CC(C)(C#N)C1. The Hall–Kier alpha value is -2.61. The van der Waals surface area contributed by atoms with Gasteiger partial charge in [-0.05, 0) is 32.0 Å². The molecule has 0 aliphatic carbocycles. The van der Waals surface area contributed by atoms with Crippen LogP contribution in [-0.2, 0) is 10.0 Å². The van der Waals surface area contributed by atoms with Crippen LogP contribution in [0.4, 0.5) is 4.39 Å². The number of hydrogen-bond acceptors (Lipinski definition) is 5. The molecule has 0 spiro atoms. The van der Waals surface area contributed by atoms with E-state index in [0.29, 0.717) is 24.3 Å². The third-order valence-electron chi connectivity index (χ3n) is 5.99. The third kappa shape index (κ3) is 3.85. The molecule has 1 aromatic heterocycles. The lowest BCUT2D eigenvalue weighted by molar-refractivity contribution is 0.0368. The molecule has 1 aromatic carbocycles. The molecule has 1 saturated heterocycles. The molecule has 1 fully saturated rings. The van der Waals surface area contributed by atoms with Crippen LogP contribution in [-0.4, -0.2) is 49.9 Å². The van der Waals surface area contributed by atoms with Crippen LogP contribution >= 0.6 is 11.6 Å². The highest BCUT2D eigenvalue weighted by atomic mass is 35.5. The van der Waals surface area contributed by atoms with E-state index in [1.807, 2.05) is 0 Å². The molecule has 8 nitrogen and oxygen atoms in total. The van der Waals surface area contributed by atoms with E-state index in [1.165, 1.54) is 11.0 Å². The van der Waals surface area contributed by atoms with Crippen molar-refractivity contribution < 1.29 is 22.3 Å². The Labute approximate surface area is 190 Å². The minimum Gasteiger partial charge on any atom is -0.489 e. The summed E-state index contributed by atoms with van der Waals surface area (Å²) in [7, 11) is -4.03. The molecule has 2 aliphatic heterocycles. The number of nitrogens with zero attached hydrogens (tertiary/aromatic N) is 2. The molecule has 2 aromatic rings. The van der Waals surface area contributed by atoms with Gasteiger partial charge in [0, 0.05) is 35.3 Å². The molecule has 4 rings (SSSR count). The number of hydrogen-bond donors (Lipinski definition) is 2. The number of likely N-dealkylation sites (tertiary alicyclic amines) is 1. The van der Waals surface area contributed by atoms with E-state index in [-0.39, 0.29) is 33.9 Å². The summed E-state index contributed by atoms with van der Waals surface area (Å²) >= 11 is 5.95. The van der Waals surface area contributed by atoms with Crippen molar-refractivity contribution in [2.24, 2.45) is 5.41 Å². The number of sulfonamides is 1. The quantitative estimate of drug-likeness (QED) is 0.698. The summed E-state index contributed by atoms with van der Waals surface area (Å²) in [4.78, 5) is 17.0. The molecule has 32 heavy (non-hydrogen) atoms. The molecular formula is C21H22ClFN4O4S. The number of nitrogens with one attached hydrogen (secondary N) is 2. The summed E-state index contributed by atoms with van der Waals surface area (Å²) < 4.78 is 48.2. The number of aromatic nitrogens is 1.